The Balaban J connectivity index is 2.10. The van der Waals surface area contributed by atoms with Crippen LogP contribution >= 0.6 is 0 Å². The van der Waals surface area contributed by atoms with Gasteiger partial charge in [-0.05, 0) is 19.3 Å². The number of methoxy groups -OCH3 is 1. The Morgan fingerprint density at radius 1 is 1.46 bits per heavy atom. The molecule has 0 saturated heterocycles. The van der Waals surface area contributed by atoms with Crippen LogP contribution in [-0.4, -0.2) is 31.8 Å². The van der Waals surface area contributed by atoms with E-state index in [1.807, 2.05) is 0 Å². The second kappa shape index (κ2) is 4.58. The minimum absolute atomic E-state index is 0.255. The highest BCUT2D eigenvalue weighted by molar-refractivity contribution is 5.81. The van der Waals surface area contributed by atoms with E-state index in [1.165, 1.54) is 0 Å². The molecule has 0 bridgehead atoms. The average molecular weight is 187 g/mol. The number of carbonyl (C=O) groups is 1. The number of esters is 1. The molecule has 1 rings (SSSR count). The molecular formula is C9H17NO3. The summed E-state index contributed by atoms with van der Waals surface area (Å²) in [5.74, 6) is -0.255. The van der Waals surface area contributed by atoms with Crippen molar-refractivity contribution in [2.75, 3.05) is 20.3 Å². The minimum atomic E-state index is -0.674. The van der Waals surface area contributed by atoms with Gasteiger partial charge in [0.25, 0.3) is 0 Å². The van der Waals surface area contributed by atoms with E-state index in [0.717, 1.165) is 25.7 Å². The number of rotatable bonds is 5. The van der Waals surface area contributed by atoms with Crippen molar-refractivity contribution in [1.29, 1.82) is 0 Å². The van der Waals surface area contributed by atoms with Crippen LogP contribution in [0.25, 0.3) is 0 Å². The Morgan fingerprint density at radius 3 is 2.62 bits per heavy atom. The maximum Gasteiger partial charge on any atom is 0.326 e. The first-order valence-electron chi connectivity index (χ1n) is 4.64. The maximum atomic E-state index is 11.3. The molecule has 0 unspecified atom stereocenters. The fourth-order valence-corrected chi connectivity index (χ4v) is 1.27. The zero-order valence-electron chi connectivity index (χ0n) is 8.04. The Morgan fingerprint density at radius 2 is 2.15 bits per heavy atom. The van der Waals surface area contributed by atoms with Crippen LogP contribution in [0.1, 0.15) is 25.7 Å². The van der Waals surface area contributed by atoms with Crippen LogP contribution in [-0.2, 0) is 14.3 Å². The normalized spacial score (nSPS) is 19.2. The van der Waals surface area contributed by atoms with Gasteiger partial charge in [-0.1, -0.05) is 0 Å². The van der Waals surface area contributed by atoms with Gasteiger partial charge in [-0.2, -0.15) is 0 Å². The molecule has 1 aliphatic rings. The molecule has 0 aromatic heterocycles. The lowest BCUT2D eigenvalue weighted by molar-refractivity contribution is -0.153. The average Bonchev–Trinajstić information content (AvgIpc) is 2.08. The van der Waals surface area contributed by atoms with E-state index < -0.39 is 5.54 Å². The van der Waals surface area contributed by atoms with Crippen LogP contribution in [0, 0.1) is 0 Å². The highest BCUT2D eigenvalue weighted by Crippen LogP contribution is 2.30. The number of hydrogen-bond donors (Lipinski definition) is 1. The van der Waals surface area contributed by atoms with Crippen molar-refractivity contribution in [3.8, 4) is 0 Å². The van der Waals surface area contributed by atoms with Gasteiger partial charge in [-0.15, -0.1) is 0 Å². The first-order valence-corrected chi connectivity index (χ1v) is 4.64. The summed E-state index contributed by atoms with van der Waals surface area (Å²) in [5, 5.41) is 0. The smallest absolute Gasteiger partial charge is 0.326 e. The van der Waals surface area contributed by atoms with Crippen molar-refractivity contribution in [3.63, 3.8) is 0 Å². The second-order valence-electron chi connectivity index (χ2n) is 3.49. The largest absolute Gasteiger partial charge is 0.464 e. The Hall–Kier alpha value is -0.610. The Labute approximate surface area is 78.4 Å². The Kier molecular flexibility index (Phi) is 3.69. The summed E-state index contributed by atoms with van der Waals surface area (Å²) in [5.41, 5.74) is 5.08. The number of hydrogen-bond acceptors (Lipinski definition) is 4. The summed E-state index contributed by atoms with van der Waals surface area (Å²) < 4.78 is 9.83. The quantitative estimate of drug-likeness (QED) is 0.501. The van der Waals surface area contributed by atoms with Crippen LogP contribution in [0.3, 0.4) is 0 Å². The van der Waals surface area contributed by atoms with Gasteiger partial charge in [0.05, 0.1) is 6.61 Å². The summed E-state index contributed by atoms with van der Waals surface area (Å²) in [6, 6.07) is 0. The fraction of sp³-hybridized carbons (Fsp3) is 0.889. The molecule has 1 saturated carbocycles. The van der Waals surface area contributed by atoms with Gasteiger partial charge >= 0.3 is 5.97 Å². The molecule has 4 heteroatoms. The van der Waals surface area contributed by atoms with Crippen molar-refractivity contribution < 1.29 is 14.3 Å². The van der Waals surface area contributed by atoms with Gasteiger partial charge in [-0.25, -0.2) is 0 Å². The van der Waals surface area contributed by atoms with E-state index in [-0.39, 0.29) is 5.97 Å². The summed E-state index contributed by atoms with van der Waals surface area (Å²) in [7, 11) is 1.62. The monoisotopic (exact) mass is 187 g/mol. The highest BCUT2D eigenvalue weighted by atomic mass is 16.5. The van der Waals surface area contributed by atoms with E-state index >= 15 is 0 Å². The van der Waals surface area contributed by atoms with Crippen molar-refractivity contribution in [1.82, 2.24) is 0 Å². The molecule has 0 atom stereocenters. The van der Waals surface area contributed by atoms with Crippen molar-refractivity contribution in [2.24, 2.45) is 5.73 Å². The van der Waals surface area contributed by atoms with Crippen LogP contribution in [0.5, 0.6) is 0 Å². The van der Waals surface area contributed by atoms with Gasteiger partial charge in [0.2, 0.25) is 0 Å². The number of nitrogens with two attached hydrogens (primary N) is 1. The lowest BCUT2D eigenvalue weighted by atomic mass is 9.78. The molecule has 2 N–H and O–H groups in total. The van der Waals surface area contributed by atoms with Gasteiger partial charge in [0, 0.05) is 20.1 Å². The predicted octanol–water partition coefficient (Wildman–Crippen LogP) is 0.447. The molecular weight excluding hydrogens is 170 g/mol. The molecule has 0 spiro atoms. The molecule has 1 fully saturated rings. The lowest BCUT2D eigenvalue weighted by Crippen LogP contribution is -2.54. The number of ether oxygens (including phenoxy) is 2. The summed E-state index contributed by atoms with van der Waals surface area (Å²) in [4.78, 5) is 11.3. The standard InChI is InChI=1S/C9H17NO3/c1-12-6-3-7-13-8(11)9(10)4-2-5-9/h2-7,10H2,1H3. The topological polar surface area (TPSA) is 61.5 Å². The molecule has 0 aromatic rings. The molecule has 0 aromatic carbocycles. The molecule has 0 heterocycles. The van der Waals surface area contributed by atoms with Crippen molar-refractivity contribution >= 4 is 5.97 Å². The van der Waals surface area contributed by atoms with Crippen LogP contribution in [0.2, 0.25) is 0 Å². The SMILES string of the molecule is COCCCOC(=O)C1(N)CCC1. The van der Waals surface area contributed by atoms with E-state index in [0.29, 0.717) is 13.2 Å². The lowest BCUT2D eigenvalue weighted by Gasteiger charge is -2.34. The molecule has 4 nitrogen and oxygen atoms in total. The van der Waals surface area contributed by atoms with Crippen molar-refractivity contribution in [3.05, 3.63) is 0 Å². The zero-order valence-corrected chi connectivity index (χ0v) is 8.04. The Bertz CT molecular complexity index is 178. The van der Waals surface area contributed by atoms with E-state index in [2.05, 4.69) is 0 Å². The first-order chi connectivity index (χ1) is 6.19. The fourth-order valence-electron chi connectivity index (χ4n) is 1.27. The summed E-state index contributed by atoms with van der Waals surface area (Å²) in [6.45, 7) is 1.02. The third kappa shape index (κ3) is 2.67. The van der Waals surface area contributed by atoms with Crippen LogP contribution in [0.4, 0.5) is 0 Å². The molecule has 1 aliphatic carbocycles. The molecule has 13 heavy (non-hydrogen) atoms. The van der Waals surface area contributed by atoms with Gasteiger partial charge in [-0.3, -0.25) is 4.79 Å². The molecule has 0 radical (unpaired) electrons. The van der Waals surface area contributed by atoms with Gasteiger partial charge in [0.1, 0.15) is 5.54 Å². The molecule has 0 aliphatic heterocycles. The van der Waals surface area contributed by atoms with Crippen molar-refractivity contribution in [2.45, 2.75) is 31.2 Å². The molecule has 0 amide bonds. The minimum Gasteiger partial charge on any atom is -0.464 e. The number of carbonyl (C=O) groups excluding carboxylic acids is 1. The highest BCUT2D eigenvalue weighted by Gasteiger charge is 2.41. The van der Waals surface area contributed by atoms with Crippen LogP contribution in [0.15, 0.2) is 0 Å². The maximum absolute atomic E-state index is 11.3. The first kappa shape index (κ1) is 10.5. The van der Waals surface area contributed by atoms with Crippen LogP contribution < -0.4 is 5.73 Å². The van der Waals surface area contributed by atoms with Gasteiger partial charge < -0.3 is 15.2 Å². The third-order valence-electron chi connectivity index (χ3n) is 2.38. The van der Waals surface area contributed by atoms with Gasteiger partial charge in [0.15, 0.2) is 0 Å². The third-order valence-corrected chi connectivity index (χ3v) is 2.38. The zero-order chi connectivity index (χ0) is 9.73. The second-order valence-corrected chi connectivity index (χ2v) is 3.49. The van der Waals surface area contributed by atoms with E-state index in [4.69, 9.17) is 15.2 Å². The summed E-state index contributed by atoms with van der Waals surface area (Å²) >= 11 is 0. The van der Waals surface area contributed by atoms with E-state index in [9.17, 15) is 4.79 Å². The molecule has 76 valence electrons. The van der Waals surface area contributed by atoms with E-state index in [1.54, 1.807) is 7.11 Å². The predicted molar refractivity (Wildman–Crippen MR) is 48.2 cm³/mol. The summed E-state index contributed by atoms with van der Waals surface area (Å²) in [6.07, 6.45) is 3.29.